The van der Waals surface area contributed by atoms with Crippen LogP contribution in [0.15, 0.2) is 237 Å². The van der Waals surface area contributed by atoms with Gasteiger partial charge in [0.25, 0.3) is 0 Å². The topological polar surface area (TPSA) is 3.24 Å². The van der Waals surface area contributed by atoms with Gasteiger partial charge in [-0.15, -0.1) is 0 Å². The van der Waals surface area contributed by atoms with Gasteiger partial charge in [0.05, 0.1) is 0 Å². The quantitative estimate of drug-likeness (QED) is 0.148. The van der Waals surface area contributed by atoms with Crippen molar-refractivity contribution in [2.24, 2.45) is 0 Å². The first-order valence-corrected chi connectivity index (χ1v) is 21.6. The summed E-state index contributed by atoms with van der Waals surface area (Å²) in [6.45, 7) is 4.77. The Balaban J connectivity index is 1.04. The van der Waals surface area contributed by atoms with Crippen LogP contribution in [0.25, 0.3) is 77.5 Å². The smallest absolute Gasteiger partial charge is 0.0465 e. The van der Waals surface area contributed by atoms with Crippen LogP contribution < -0.4 is 4.90 Å². The fourth-order valence-electron chi connectivity index (χ4n) is 9.83. The van der Waals surface area contributed by atoms with Gasteiger partial charge in [0, 0.05) is 22.5 Å². The highest BCUT2D eigenvalue weighted by atomic mass is 15.1. The normalized spacial score (nSPS) is 12.5. The maximum absolute atomic E-state index is 2.44. The maximum atomic E-state index is 2.44. The van der Waals surface area contributed by atoms with Crippen LogP contribution >= 0.6 is 0 Å². The van der Waals surface area contributed by atoms with Crippen LogP contribution in [-0.4, -0.2) is 0 Å². The Hall–Kier alpha value is -7.74. The number of nitrogens with zero attached hydrogens (tertiary/aromatic N) is 1. The van der Waals surface area contributed by atoms with Crippen LogP contribution in [0.3, 0.4) is 0 Å². The molecule has 1 aliphatic carbocycles. The summed E-state index contributed by atoms with van der Waals surface area (Å²) < 4.78 is 0. The molecule has 1 nitrogen and oxygen atoms in total. The van der Waals surface area contributed by atoms with Gasteiger partial charge in [-0.3, -0.25) is 0 Å². The average Bonchev–Trinajstić information content (AvgIpc) is 3.57. The molecule has 10 aromatic carbocycles. The molecule has 0 atom stereocenters. The highest BCUT2D eigenvalue weighted by Gasteiger charge is 2.38. The van der Waals surface area contributed by atoms with Crippen LogP contribution in [0.1, 0.15) is 25.0 Å². The van der Waals surface area contributed by atoms with E-state index in [0.29, 0.717) is 0 Å². The van der Waals surface area contributed by atoms with Gasteiger partial charge in [0.1, 0.15) is 0 Å². The van der Waals surface area contributed by atoms with E-state index in [1.165, 1.54) is 88.7 Å². The van der Waals surface area contributed by atoms with E-state index in [0.717, 1.165) is 17.1 Å². The highest BCUT2D eigenvalue weighted by Crippen LogP contribution is 2.54. The van der Waals surface area contributed by atoms with E-state index in [1.54, 1.807) is 0 Å². The van der Waals surface area contributed by atoms with Gasteiger partial charge in [-0.25, -0.2) is 0 Å². The van der Waals surface area contributed by atoms with E-state index >= 15 is 0 Å². The number of anilines is 3. The van der Waals surface area contributed by atoms with Crippen molar-refractivity contribution in [3.8, 4) is 66.8 Å². The molecule has 0 saturated carbocycles. The van der Waals surface area contributed by atoms with E-state index in [1.807, 2.05) is 0 Å². The molecular weight excluding hydrogens is 747 g/mol. The fraction of sp³-hybridized carbons (Fsp3) is 0.0492. The summed E-state index contributed by atoms with van der Waals surface area (Å²) in [6, 6.07) is 86.5. The Morgan fingerprint density at radius 1 is 0.290 bits per heavy atom. The summed E-state index contributed by atoms with van der Waals surface area (Å²) in [4.78, 5) is 2.42. The maximum Gasteiger partial charge on any atom is 0.0465 e. The summed E-state index contributed by atoms with van der Waals surface area (Å²) in [6.07, 6.45) is 0. The zero-order valence-electron chi connectivity index (χ0n) is 35.0. The lowest BCUT2D eigenvalue weighted by Crippen LogP contribution is -2.16. The second-order valence-corrected chi connectivity index (χ2v) is 16.9. The van der Waals surface area contributed by atoms with Gasteiger partial charge >= 0.3 is 0 Å². The van der Waals surface area contributed by atoms with E-state index in [2.05, 4.69) is 255 Å². The summed E-state index contributed by atoms with van der Waals surface area (Å²) >= 11 is 0. The van der Waals surface area contributed by atoms with Crippen LogP contribution in [0.2, 0.25) is 0 Å². The van der Waals surface area contributed by atoms with Crippen LogP contribution in [0.4, 0.5) is 17.1 Å². The third-order valence-electron chi connectivity index (χ3n) is 12.9. The molecule has 0 amide bonds. The molecule has 11 rings (SSSR count). The van der Waals surface area contributed by atoms with Crippen molar-refractivity contribution in [2.75, 3.05) is 4.90 Å². The Bertz CT molecular complexity index is 3220. The SMILES string of the molecule is CC1(C)c2cc(N(c3ccc(-c4ccccc4)cc3)c3ccc(-c4ccc5ccccc5c4-c4ccccc4)cc3)ccc2-c2c(-c3ccccc3-c3ccccc3)cccc21. The first-order valence-electron chi connectivity index (χ1n) is 21.6. The van der Waals surface area contributed by atoms with Crippen molar-refractivity contribution in [2.45, 2.75) is 19.3 Å². The molecule has 62 heavy (non-hydrogen) atoms. The largest absolute Gasteiger partial charge is 0.310 e. The van der Waals surface area contributed by atoms with Crippen LogP contribution in [-0.2, 0) is 5.41 Å². The van der Waals surface area contributed by atoms with Crippen molar-refractivity contribution in [1.29, 1.82) is 0 Å². The molecule has 1 heteroatoms. The number of benzene rings is 10. The minimum Gasteiger partial charge on any atom is -0.310 e. The first kappa shape index (κ1) is 37.3. The summed E-state index contributed by atoms with van der Waals surface area (Å²) in [5, 5.41) is 2.50. The Morgan fingerprint density at radius 2 is 0.790 bits per heavy atom. The standard InChI is InChI=1S/C61H45N/c1-61(2)57-28-16-27-55(54-26-15-14-24-51(54)44-19-8-4-9-20-44)60(57)56-40-38-50(41-58(56)61)62(48-34-29-43(30-35-48)42-17-6-3-7-18-42)49-36-31-46(32-37-49)53-39-33-45-21-12-13-25-52(45)59(53)47-22-10-5-11-23-47/h3-41H,1-2H3. The van der Waals surface area contributed by atoms with Crippen molar-refractivity contribution in [3.05, 3.63) is 248 Å². The van der Waals surface area contributed by atoms with E-state index in [4.69, 9.17) is 0 Å². The van der Waals surface area contributed by atoms with Crippen molar-refractivity contribution < 1.29 is 0 Å². The second-order valence-electron chi connectivity index (χ2n) is 16.9. The number of hydrogen-bond donors (Lipinski definition) is 0. The van der Waals surface area contributed by atoms with Gasteiger partial charge in [0.2, 0.25) is 0 Å². The lowest BCUT2D eigenvalue weighted by molar-refractivity contribution is 0.660. The molecule has 0 aromatic heterocycles. The van der Waals surface area contributed by atoms with Gasteiger partial charge in [-0.2, -0.15) is 0 Å². The summed E-state index contributed by atoms with van der Waals surface area (Å²) in [5.41, 5.74) is 20.8. The molecule has 0 aliphatic heterocycles. The molecular formula is C61H45N. The zero-order chi connectivity index (χ0) is 41.6. The van der Waals surface area contributed by atoms with Crippen LogP contribution in [0.5, 0.6) is 0 Å². The molecule has 0 spiro atoms. The fourth-order valence-corrected chi connectivity index (χ4v) is 9.83. The van der Waals surface area contributed by atoms with Crippen molar-refractivity contribution in [3.63, 3.8) is 0 Å². The molecule has 0 unspecified atom stereocenters. The average molecular weight is 792 g/mol. The molecule has 0 N–H and O–H groups in total. The number of hydrogen-bond acceptors (Lipinski definition) is 1. The third-order valence-corrected chi connectivity index (χ3v) is 12.9. The van der Waals surface area contributed by atoms with Crippen molar-refractivity contribution in [1.82, 2.24) is 0 Å². The predicted octanol–water partition coefficient (Wildman–Crippen LogP) is 17.0. The van der Waals surface area contributed by atoms with E-state index in [9.17, 15) is 0 Å². The van der Waals surface area contributed by atoms with Gasteiger partial charge < -0.3 is 4.90 Å². The summed E-state index contributed by atoms with van der Waals surface area (Å²) in [5.74, 6) is 0. The summed E-state index contributed by atoms with van der Waals surface area (Å²) in [7, 11) is 0. The molecule has 0 radical (unpaired) electrons. The van der Waals surface area contributed by atoms with Gasteiger partial charge in [-0.05, 0) is 125 Å². The molecule has 1 aliphatic rings. The Labute approximate surface area is 364 Å². The zero-order valence-corrected chi connectivity index (χ0v) is 35.0. The van der Waals surface area contributed by atoms with Gasteiger partial charge in [-0.1, -0.05) is 214 Å². The highest BCUT2D eigenvalue weighted by molar-refractivity contribution is 6.04. The lowest BCUT2D eigenvalue weighted by atomic mass is 9.81. The second kappa shape index (κ2) is 15.4. The molecule has 10 aromatic rings. The number of rotatable bonds is 8. The minimum absolute atomic E-state index is 0.213. The minimum atomic E-state index is -0.213. The number of fused-ring (bicyclic) bond motifs is 4. The Kier molecular flexibility index (Phi) is 9.24. The Morgan fingerprint density at radius 3 is 1.48 bits per heavy atom. The first-order chi connectivity index (χ1) is 30.5. The van der Waals surface area contributed by atoms with Gasteiger partial charge in [0.15, 0.2) is 0 Å². The molecule has 0 bridgehead atoms. The van der Waals surface area contributed by atoms with Crippen LogP contribution in [0, 0.1) is 0 Å². The molecule has 0 saturated heterocycles. The third kappa shape index (κ3) is 6.42. The monoisotopic (exact) mass is 791 g/mol. The van der Waals surface area contributed by atoms with E-state index < -0.39 is 0 Å². The predicted molar refractivity (Wildman–Crippen MR) is 263 cm³/mol. The van der Waals surface area contributed by atoms with E-state index in [-0.39, 0.29) is 5.41 Å². The van der Waals surface area contributed by atoms with Crippen molar-refractivity contribution >= 4 is 27.8 Å². The molecule has 0 heterocycles. The molecule has 294 valence electrons. The molecule has 0 fully saturated rings. The lowest BCUT2D eigenvalue weighted by Gasteiger charge is -2.28.